The van der Waals surface area contributed by atoms with Crippen molar-refractivity contribution in [3.8, 4) is 5.75 Å². The van der Waals surface area contributed by atoms with Gasteiger partial charge in [0.15, 0.2) is 11.4 Å². The second-order valence-electron chi connectivity index (χ2n) is 9.81. The smallest absolute Gasteiger partial charge is 0.320 e. The van der Waals surface area contributed by atoms with Crippen molar-refractivity contribution in [1.82, 2.24) is 19.5 Å². The summed E-state index contributed by atoms with van der Waals surface area (Å²) in [6.07, 6.45) is 5.79. The number of ether oxygens (including phenoxy) is 2. The number of rotatable bonds is 8. The van der Waals surface area contributed by atoms with Gasteiger partial charge in [-0.2, -0.15) is 5.10 Å². The van der Waals surface area contributed by atoms with Crippen molar-refractivity contribution in [3.63, 3.8) is 0 Å². The van der Waals surface area contributed by atoms with Gasteiger partial charge in [0, 0.05) is 56.6 Å². The minimum Gasteiger partial charge on any atom is -0.487 e. The van der Waals surface area contributed by atoms with E-state index in [2.05, 4.69) is 51.2 Å². The molecular weight excluding hydrogens is 460 g/mol. The minimum absolute atomic E-state index is 0.0778. The Morgan fingerprint density at radius 3 is 2.78 bits per heavy atom. The van der Waals surface area contributed by atoms with E-state index in [1.807, 2.05) is 6.92 Å². The number of piperazine rings is 1. The average Bonchev–Trinajstić information content (AvgIpc) is 3.41. The molecule has 1 fully saturated rings. The lowest BCUT2D eigenvalue weighted by atomic mass is 10.0. The summed E-state index contributed by atoms with van der Waals surface area (Å²) in [6, 6.07) is 5.96. The normalized spacial score (nSPS) is 17.0. The molecule has 0 atom stereocenters. The fraction of sp³-hybridized carbons (Fsp3) is 0.462. The maximum atomic E-state index is 13.1. The zero-order valence-corrected chi connectivity index (χ0v) is 21.0. The Labute approximate surface area is 210 Å². The van der Waals surface area contributed by atoms with E-state index in [0.717, 1.165) is 55.3 Å². The Kier molecular flexibility index (Phi) is 6.53. The van der Waals surface area contributed by atoms with Gasteiger partial charge in [0.1, 0.15) is 11.4 Å². The highest BCUT2D eigenvalue weighted by molar-refractivity contribution is 6.04. The highest BCUT2D eigenvalue weighted by Gasteiger charge is 2.32. The van der Waals surface area contributed by atoms with Crippen LogP contribution in [0.3, 0.4) is 0 Å². The van der Waals surface area contributed by atoms with Gasteiger partial charge in [-0.25, -0.2) is 9.50 Å². The molecule has 1 aromatic carbocycles. The summed E-state index contributed by atoms with van der Waals surface area (Å²) < 4.78 is 12.9. The van der Waals surface area contributed by atoms with Crippen LogP contribution in [0.4, 0.5) is 11.4 Å². The van der Waals surface area contributed by atoms with Crippen LogP contribution in [0, 0.1) is 0 Å². The molecule has 2 aliphatic heterocycles. The molecule has 36 heavy (non-hydrogen) atoms. The van der Waals surface area contributed by atoms with E-state index in [1.54, 1.807) is 29.2 Å². The number of nitrogens with zero attached hydrogens (tertiary/aromatic N) is 5. The number of esters is 1. The van der Waals surface area contributed by atoms with Crippen LogP contribution >= 0.6 is 0 Å². The van der Waals surface area contributed by atoms with Crippen LogP contribution in [0.25, 0.3) is 5.65 Å². The van der Waals surface area contributed by atoms with Crippen LogP contribution in [0.1, 0.15) is 36.7 Å². The lowest BCUT2D eigenvalue weighted by molar-refractivity contribution is -0.144. The molecule has 5 rings (SSSR count). The molecule has 2 aromatic heterocycles. The van der Waals surface area contributed by atoms with Gasteiger partial charge >= 0.3 is 5.97 Å². The summed E-state index contributed by atoms with van der Waals surface area (Å²) in [5, 5.41) is 7.61. The van der Waals surface area contributed by atoms with Gasteiger partial charge in [-0.15, -0.1) is 0 Å². The van der Waals surface area contributed by atoms with E-state index in [0.29, 0.717) is 24.4 Å². The van der Waals surface area contributed by atoms with Crippen molar-refractivity contribution in [2.45, 2.75) is 32.8 Å². The Bertz CT molecular complexity index is 1280. The van der Waals surface area contributed by atoms with Gasteiger partial charge in [-0.1, -0.05) is 0 Å². The second kappa shape index (κ2) is 9.77. The number of hydrogen-bond acceptors (Lipinski definition) is 9. The molecule has 3 aromatic rings. The van der Waals surface area contributed by atoms with Crippen molar-refractivity contribution in [2.75, 3.05) is 56.1 Å². The number of hydrogen-bond donors (Lipinski definition) is 1. The quantitative estimate of drug-likeness (QED) is 0.375. The molecule has 4 heterocycles. The molecule has 1 saturated heterocycles. The summed E-state index contributed by atoms with van der Waals surface area (Å²) in [7, 11) is 0. The van der Waals surface area contributed by atoms with Gasteiger partial charge in [0.2, 0.25) is 0 Å². The van der Waals surface area contributed by atoms with E-state index in [9.17, 15) is 9.59 Å². The molecule has 0 saturated carbocycles. The van der Waals surface area contributed by atoms with E-state index in [4.69, 9.17) is 9.47 Å². The molecule has 10 heteroatoms. The van der Waals surface area contributed by atoms with Gasteiger partial charge < -0.3 is 19.7 Å². The highest BCUT2D eigenvalue weighted by atomic mass is 16.5. The zero-order valence-electron chi connectivity index (χ0n) is 21.0. The molecular formula is C26H32N6O4. The number of fused-ring (bicyclic) bond motifs is 2. The average molecular weight is 493 g/mol. The first-order valence-corrected chi connectivity index (χ1v) is 12.4. The van der Waals surface area contributed by atoms with E-state index in [-0.39, 0.29) is 23.9 Å². The first-order chi connectivity index (χ1) is 17.3. The molecule has 0 unspecified atom stereocenters. The Hall–Kier alpha value is -3.66. The topological polar surface area (TPSA) is 101 Å². The number of aromatic nitrogens is 3. The standard InChI is InChI=1S/C26H32N6O4/c1-4-35-24(34)17-30-8-10-31(11-9-30)21-13-23-18(14-26(2,3)36-23)12-20(21)28-16-22(33)19-15-29-32-7-5-6-27-25(19)32/h5-7,12-13,15,28H,4,8-11,14,16-17H2,1-3H3. The van der Waals surface area contributed by atoms with Crippen molar-refractivity contribution in [2.24, 2.45) is 0 Å². The zero-order chi connectivity index (χ0) is 25.3. The van der Waals surface area contributed by atoms with Gasteiger partial charge in [-0.05, 0) is 32.9 Å². The SMILES string of the molecule is CCOC(=O)CN1CCN(c2cc3c(cc2NCC(=O)c2cnn4cccnc24)CC(C)(C)O3)CC1. The van der Waals surface area contributed by atoms with E-state index in [1.165, 1.54) is 0 Å². The van der Waals surface area contributed by atoms with Crippen molar-refractivity contribution >= 4 is 28.8 Å². The number of carbonyl (C=O) groups is 2. The molecule has 0 amide bonds. The van der Waals surface area contributed by atoms with E-state index < -0.39 is 0 Å². The Morgan fingerprint density at radius 2 is 2.00 bits per heavy atom. The minimum atomic E-state index is -0.269. The largest absolute Gasteiger partial charge is 0.487 e. The van der Waals surface area contributed by atoms with E-state index >= 15 is 0 Å². The molecule has 0 spiro atoms. The molecule has 0 aliphatic carbocycles. The Morgan fingerprint density at radius 1 is 1.19 bits per heavy atom. The van der Waals surface area contributed by atoms with Crippen molar-refractivity contribution in [1.29, 1.82) is 0 Å². The van der Waals surface area contributed by atoms with Gasteiger partial charge in [-0.3, -0.25) is 14.5 Å². The lowest BCUT2D eigenvalue weighted by Gasteiger charge is -2.36. The number of nitrogens with one attached hydrogen (secondary N) is 1. The van der Waals surface area contributed by atoms with Crippen LogP contribution in [-0.4, -0.2) is 82.7 Å². The van der Waals surface area contributed by atoms with Crippen LogP contribution in [0.15, 0.2) is 36.8 Å². The van der Waals surface area contributed by atoms with Crippen LogP contribution in [-0.2, 0) is 16.0 Å². The maximum absolute atomic E-state index is 13.1. The number of Topliss-reactive ketones (excluding diaryl/α,β-unsaturated/α-hetero) is 1. The lowest BCUT2D eigenvalue weighted by Crippen LogP contribution is -2.48. The number of benzene rings is 1. The third-order valence-corrected chi connectivity index (χ3v) is 6.57. The van der Waals surface area contributed by atoms with Crippen molar-refractivity contribution < 1.29 is 19.1 Å². The summed E-state index contributed by atoms with van der Waals surface area (Å²) in [5.41, 5.74) is 3.78. The molecule has 190 valence electrons. The van der Waals surface area contributed by atoms with Crippen LogP contribution in [0.5, 0.6) is 5.75 Å². The Balaban J connectivity index is 1.34. The summed E-state index contributed by atoms with van der Waals surface area (Å²) >= 11 is 0. The third kappa shape index (κ3) is 4.99. The molecule has 2 aliphatic rings. The predicted octanol–water partition coefficient (Wildman–Crippen LogP) is 2.42. The number of carbonyl (C=O) groups excluding carboxylic acids is 2. The number of ketones is 1. The van der Waals surface area contributed by atoms with Gasteiger partial charge in [0.05, 0.1) is 42.8 Å². The fourth-order valence-electron chi connectivity index (χ4n) is 4.87. The maximum Gasteiger partial charge on any atom is 0.320 e. The van der Waals surface area contributed by atoms with Gasteiger partial charge in [0.25, 0.3) is 0 Å². The summed E-state index contributed by atoms with van der Waals surface area (Å²) in [5.74, 6) is 0.612. The monoisotopic (exact) mass is 492 g/mol. The molecule has 1 N–H and O–H groups in total. The molecule has 0 bridgehead atoms. The fourth-order valence-corrected chi connectivity index (χ4v) is 4.87. The van der Waals surface area contributed by atoms with Crippen LogP contribution in [0.2, 0.25) is 0 Å². The molecule has 10 nitrogen and oxygen atoms in total. The van der Waals surface area contributed by atoms with Crippen LogP contribution < -0.4 is 15.0 Å². The first kappa shape index (κ1) is 24.1. The second-order valence-corrected chi connectivity index (χ2v) is 9.81. The van der Waals surface area contributed by atoms with Crippen molar-refractivity contribution in [3.05, 3.63) is 47.9 Å². The first-order valence-electron chi connectivity index (χ1n) is 12.4. The predicted molar refractivity (Wildman–Crippen MR) is 136 cm³/mol. The summed E-state index contributed by atoms with van der Waals surface area (Å²) in [4.78, 5) is 33.6. The highest BCUT2D eigenvalue weighted by Crippen LogP contribution is 2.41. The number of anilines is 2. The molecule has 0 radical (unpaired) electrons. The third-order valence-electron chi connectivity index (χ3n) is 6.57. The summed E-state index contributed by atoms with van der Waals surface area (Å²) in [6.45, 7) is 9.79.